The summed E-state index contributed by atoms with van der Waals surface area (Å²) in [5.74, 6) is 0.0446. The van der Waals surface area contributed by atoms with E-state index >= 15 is 0 Å². The minimum atomic E-state index is 0.0446. The van der Waals surface area contributed by atoms with Crippen molar-refractivity contribution < 1.29 is 4.79 Å². The molecule has 0 bridgehead atoms. The Hall–Kier alpha value is -1.35. The van der Waals surface area contributed by atoms with Crippen molar-refractivity contribution in [1.29, 1.82) is 0 Å². The molecule has 0 atom stereocenters. The van der Waals surface area contributed by atoms with Crippen molar-refractivity contribution in [2.45, 2.75) is 13.3 Å². The van der Waals surface area contributed by atoms with E-state index in [1.54, 1.807) is 0 Å². The second kappa shape index (κ2) is 5.40. The average molecular weight is 192 g/mol. The van der Waals surface area contributed by atoms with Crippen molar-refractivity contribution in [3.63, 3.8) is 0 Å². The van der Waals surface area contributed by atoms with Crippen LogP contribution in [0.3, 0.4) is 0 Å². The highest BCUT2D eigenvalue weighted by Gasteiger charge is 2.00. The first-order chi connectivity index (χ1) is 6.72. The summed E-state index contributed by atoms with van der Waals surface area (Å²) < 4.78 is 0. The van der Waals surface area contributed by atoms with Gasteiger partial charge in [-0.15, -0.1) is 0 Å². The van der Waals surface area contributed by atoms with Gasteiger partial charge in [0.1, 0.15) is 0 Å². The summed E-state index contributed by atoms with van der Waals surface area (Å²) in [4.78, 5) is 11.3. The van der Waals surface area contributed by atoms with E-state index in [4.69, 9.17) is 0 Å². The molecular weight excluding hydrogens is 176 g/mol. The van der Waals surface area contributed by atoms with E-state index in [0.29, 0.717) is 13.0 Å². The first-order valence-corrected chi connectivity index (χ1v) is 4.73. The van der Waals surface area contributed by atoms with Crippen LogP contribution in [0.15, 0.2) is 24.3 Å². The molecule has 0 saturated carbocycles. The lowest BCUT2D eigenvalue weighted by molar-refractivity contribution is -0.116. The summed E-state index contributed by atoms with van der Waals surface area (Å²) in [7, 11) is 1.83. The van der Waals surface area contributed by atoms with Crippen LogP contribution in [0.5, 0.6) is 0 Å². The zero-order valence-electron chi connectivity index (χ0n) is 8.63. The van der Waals surface area contributed by atoms with Crippen LogP contribution in [-0.4, -0.2) is 19.5 Å². The Labute approximate surface area is 84.5 Å². The predicted octanol–water partition coefficient (Wildman–Crippen LogP) is 1.54. The maximum atomic E-state index is 11.3. The summed E-state index contributed by atoms with van der Waals surface area (Å²) in [6.45, 7) is 2.73. The fourth-order valence-electron chi connectivity index (χ4n) is 1.10. The molecule has 14 heavy (non-hydrogen) atoms. The Morgan fingerprint density at radius 3 is 2.50 bits per heavy atom. The van der Waals surface area contributed by atoms with Gasteiger partial charge in [-0.1, -0.05) is 17.7 Å². The molecule has 0 aromatic heterocycles. The quantitative estimate of drug-likeness (QED) is 0.759. The Balaban J connectivity index is 2.44. The minimum Gasteiger partial charge on any atom is -0.326 e. The minimum absolute atomic E-state index is 0.0446. The van der Waals surface area contributed by atoms with Gasteiger partial charge in [-0.25, -0.2) is 0 Å². The Bertz CT molecular complexity index is 293. The van der Waals surface area contributed by atoms with E-state index in [0.717, 1.165) is 5.69 Å². The van der Waals surface area contributed by atoms with Crippen molar-refractivity contribution in [2.75, 3.05) is 18.9 Å². The van der Waals surface area contributed by atoms with Gasteiger partial charge in [-0.05, 0) is 26.1 Å². The van der Waals surface area contributed by atoms with Crippen molar-refractivity contribution in [3.8, 4) is 0 Å². The molecule has 3 heteroatoms. The molecule has 3 nitrogen and oxygen atoms in total. The zero-order chi connectivity index (χ0) is 10.4. The Kier molecular flexibility index (Phi) is 4.13. The monoisotopic (exact) mass is 192 g/mol. The largest absolute Gasteiger partial charge is 0.326 e. The van der Waals surface area contributed by atoms with Gasteiger partial charge >= 0.3 is 0 Å². The number of carbonyl (C=O) groups is 1. The third-order valence-electron chi connectivity index (χ3n) is 1.94. The fraction of sp³-hybridized carbons (Fsp3) is 0.364. The number of rotatable bonds is 4. The van der Waals surface area contributed by atoms with Crippen LogP contribution in [-0.2, 0) is 4.79 Å². The SMILES string of the molecule is CNCCC(=O)Nc1ccc(C)cc1. The lowest BCUT2D eigenvalue weighted by Gasteiger charge is -2.04. The third kappa shape index (κ3) is 3.58. The zero-order valence-corrected chi connectivity index (χ0v) is 8.63. The summed E-state index contributed by atoms with van der Waals surface area (Å²) in [6, 6.07) is 7.78. The first kappa shape index (κ1) is 10.7. The van der Waals surface area contributed by atoms with Gasteiger partial charge in [0.15, 0.2) is 0 Å². The second-order valence-electron chi connectivity index (χ2n) is 3.27. The fourth-order valence-corrected chi connectivity index (χ4v) is 1.10. The molecule has 1 aromatic carbocycles. The van der Waals surface area contributed by atoms with Gasteiger partial charge in [-0.2, -0.15) is 0 Å². The summed E-state index contributed by atoms with van der Waals surface area (Å²) >= 11 is 0. The van der Waals surface area contributed by atoms with Gasteiger partial charge < -0.3 is 10.6 Å². The van der Waals surface area contributed by atoms with Crippen LogP contribution in [0.2, 0.25) is 0 Å². The molecular formula is C11H16N2O. The second-order valence-corrected chi connectivity index (χ2v) is 3.27. The average Bonchev–Trinajstić information content (AvgIpc) is 2.18. The van der Waals surface area contributed by atoms with E-state index < -0.39 is 0 Å². The highest BCUT2D eigenvalue weighted by atomic mass is 16.1. The van der Waals surface area contributed by atoms with Gasteiger partial charge in [0.2, 0.25) is 5.91 Å². The van der Waals surface area contributed by atoms with Crippen LogP contribution in [0.25, 0.3) is 0 Å². The standard InChI is InChI=1S/C11H16N2O/c1-9-3-5-10(6-4-9)13-11(14)7-8-12-2/h3-6,12H,7-8H2,1-2H3,(H,13,14). The third-order valence-corrected chi connectivity index (χ3v) is 1.94. The molecule has 2 N–H and O–H groups in total. The number of hydrogen-bond acceptors (Lipinski definition) is 2. The van der Waals surface area contributed by atoms with Gasteiger partial charge in [0, 0.05) is 18.7 Å². The lowest BCUT2D eigenvalue weighted by atomic mass is 10.2. The molecule has 1 amide bonds. The van der Waals surface area contributed by atoms with Gasteiger partial charge in [0.25, 0.3) is 0 Å². The first-order valence-electron chi connectivity index (χ1n) is 4.73. The van der Waals surface area contributed by atoms with Crippen molar-refractivity contribution in [3.05, 3.63) is 29.8 Å². The molecule has 1 rings (SSSR count). The molecule has 0 unspecified atom stereocenters. The van der Waals surface area contributed by atoms with E-state index in [-0.39, 0.29) is 5.91 Å². The number of benzene rings is 1. The number of carbonyl (C=O) groups excluding carboxylic acids is 1. The van der Waals surface area contributed by atoms with Crippen molar-refractivity contribution in [1.82, 2.24) is 5.32 Å². The molecule has 0 saturated heterocycles. The Morgan fingerprint density at radius 1 is 1.29 bits per heavy atom. The van der Waals surface area contributed by atoms with Gasteiger partial charge in [0.05, 0.1) is 0 Å². The van der Waals surface area contributed by atoms with E-state index in [2.05, 4.69) is 10.6 Å². The highest BCUT2D eigenvalue weighted by molar-refractivity contribution is 5.90. The normalized spacial score (nSPS) is 9.86. The predicted molar refractivity (Wildman–Crippen MR) is 58.4 cm³/mol. The molecule has 0 aliphatic carbocycles. The van der Waals surface area contributed by atoms with E-state index in [9.17, 15) is 4.79 Å². The maximum absolute atomic E-state index is 11.3. The van der Waals surface area contributed by atoms with Crippen molar-refractivity contribution in [2.24, 2.45) is 0 Å². The molecule has 0 radical (unpaired) electrons. The van der Waals surface area contributed by atoms with E-state index in [1.807, 2.05) is 38.2 Å². The summed E-state index contributed by atoms with van der Waals surface area (Å²) in [6.07, 6.45) is 0.504. The van der Waals surface area contributed by atoms with E-state index in [1.165, 1.54) is 5.56 Å². The van der Waals surface area contributed by atoms with Crippen LogP contribution < -0.4 is 10.6 Å². The molecule has 1 aromatic rings. The topological polar surface area (TPSA) is 41.1 Å². The molecule has 0 aliphatic heterocycles. The van der Waals surface area contributed by atoms with Gasteiger partial charge in [-0.3, -0.25) is 4.79 Å². The Morgan fingerprint density at radius 2 is 1.93 bits per heavy atom. The summed E-state index contributed by atoms with van der Waals surface area (Å²) in [5.41, 5.74) is 2.05. The van der Waals surface area contributed by atoms with Crippen molar-refractivity contribution >= 4 is 11.6 Å². The molecule has 0 fully saturated rings. The lowest BCUT2D eigenvalue weighted by Crippen LogP contribution is -2.18. The summed E-state index contributed by atoms with van der Waals surface area (Å²) in [5, 5.41) is 5.76. The highest BCUT2D eigenvalue weighted by Crippen LogP contribution is 2.08. The molecule has 0 spiro atoms. The molecule has 76 valence electrons. The number of nitrogens with one attached hydrogen (secondary N) is 2. The van der Waals surface area contributed by atoms with Crippen LogP contribution in [0.1, 0.15) is 12.0 Å². The number of aryl methyl sites for hydroxylation is 1. The van der Waals surface area contributed by atoms with Crippen LogP contribution in [0.4, 0.5) is 5.69 Å². The van der Waals surface area contributed by atoms with Crippen LogP contribution >= 0.6 is 0 Å². The van der Waals surface area contributed by atoms with Crippen LogP contribution in [0, 0.1) is 6.92 Å². The number of amides is 1. The molecule has 0 heterocycles. The molecule has 0 aliphatic rings. The number of anilines is 1. The smallest absolute Gasteiger partial charge is 0.225 e. The number of hydrogen-bond donors (Lipinski definition) is 2. The maximum Gasteiger partial charge on any atom is 0.225 e.